The lowest BCUT2D eigenvalue weighted by Crippen LogP contribution is -2.50. The zero-order valence-corrected chi connectivity index (χ0v) is 16.5. The van der Waals surface area contributed by atoms with Gasteiger partial charge in [-0.15, -0.1) is 5.10 Å². The Hall–Kier alpha value is -2.61. The van der Waals surface area contributed by atoms with Crippen molar-refractivity contribution in [2.75, 3.05) is 58.3 Å². The van der Waals surface area contributed by atoms with Gasteiger partial charge in [0, 0.05) is 50.7 Å². The van der Waals surface area contributed by atoms with Gasteiger partial charge in [0.05, 0.1) is 7.11 Å². The number of piperazine rings is 1. The van der Waals surface area contributed by atoms with Crippen LogP contribution in [0.15, 0.2) is 28.7 Å². The third-order valence-electron chi connectivity index (χ3n) is 5.68. The van der Waals surface area contributed by atoms with Crippen molar-refractivity contribution < 1.29 is 13.9 Å². The predicted octanol–water partition coefficient (Wildman–Crippen LogP) is 1.74. The van der Waals surface area contributed by atoms with Gasteiger partial charge in [-0.1, -0.05) is 5.10 Å². The van der Waals surface area contributed by atoms with Gasteiger partial charge in [0.15, 0.2) is 0 Å². The number of hydrogen-bond acceptors (Lipinski definition) is 7. The van der Waals surface area contributed by atoms with E-state index in [1.807, 2.05) is 29.2 Å². The van der Waals surface area contributed by atoms with Crippen LogP contribution < -0.4 is 9.64 Å². The second kappa shape index (κ2) is 8.18. The molecule has 0 atom stereocenters. The molecule has 1 aromatic carbocycles. The average molecular weight is 385 g/mol. The number of ether oxygens (including phenoxy) is 1. The van der Waals surface area contributed by atoms with Crippen LogP contribution in [-0.2, 0) is 4.79 Å². The molecule has 3 heterocycles. The molecular formula is C20H27N5O3. The maximum Gasteiger partial charge on any atom is 0.318 e. The number of aromatic nitrogens is 2. The fraction of sp³-hybridized carbons (Fsp3) is 0.550. The topological polar surface area (TPSA) is 74.9 Å². The van der Waals surface area contributed by atoms with Crippen molar-refractivity contribution in [3.8, 4) is 17.2 Å². The Balaban J connectivity index is 1.34. The van der Waals surface area contributed by atoms with Crippen molar-refractivity contribution in [3.05, 3.63) is 24.3 Å². The number of carbonyl (C=O) groups is 1. The Kier molecular flexibility index (Phi) is 5.47. The molecule has 0 unspecified atom stereocenters. The molecule has 28 heavy (non-hydrogen) atoms. The molecule has 0 spiro atoms. The number of rotatable bonds is 4. The maximum atomic E-state index is 12.8. The Morgan fingerprint density at radius 1 is 1.04 bits per heavy atom. The molecule has 4 rings (SSSR count). The van der Waals surface area contributed by atoms with Crippen molar-refractivity contribution in [1.82, 2.24) is 20.0 Å². The lowest BCUT2D eigenvalue weighted by Gasteiger charge is -2.37. The van der Waals surface area contributed by atoms with Crippen molar-refractivity contribution in [2.45, 2.75) is 12.8 Å². The van der Waals surface area contributed by atoms with Gasteiger partial charge >= 0.3 is 6.01 Å². The van der Waals surface area contributed by atoms with Crippen LogP contribution in [-0.4, -0.2) is 79.3 Å². The molecule has 1 aromatic heterocycles. The summed E-state index contributed by atoms with van der Waals surface area (Å²) < 4.78 is 11.0. The number of likely N-dealkylation sites (N-methyl/N-ethyl adjacent to an activating group) is 1. The molecule has 2 aromatic rings. The minimum Gasteiger partial charge on any atom is -0.497 e. The molecule has 0 N–H and O–H groups in total. The highest BCUT2D eigenvalue weighted by Crippen LogP contribution is 2.27. The normalized spacial score (nSPS) is 19.1. The molecule has 0 radical (unpaired) electrons. The fourth-order valence-corrected chi connectivity index (χ4v) is 3.80. The van der Waals surface area contributed by atoms with Crippen LogP contribution in [0.3, 0.4) is 0 Å². The number of nitrogens with zero attached hydrogens (tertiary/aromatic N) is 5. The molecule has 2 aliphatic rings. The van der Waals surface area contributed by atoms with E-state index in [9.17, 15) is 4.79 Å². The minimum absolute atomic E-state index is 0.101. The Morgan fingerprint density at radius 2 is 1.71 bits per heavy atom. The van der Waals surface area contributed by atoms with E-state index in [-0.39, 0.29) is 5.92 Å². The maximum absolute atomic E-state index is 12.8. The summed E-state index contributed by atoms with van der Waals surface area (Å²) in [7, 11) is 3.74. The van der Waals surface area contributed by atoms with Gasteiger partial charge in [0.2, 0.25) is 11.8 Å². The summed E-state index contributed by atoms with van der Waals surface area (Å²) in [5.74, 6) is 1.68. The molecule has 0 bridgehead atoms. The van der Waals surface area contributed by atoms with Gasteiger partial charge in [-0.3, -0.25) is 4.79 Å². The zero-order chi connectivity index (χ0) is 19.5. The Morgan fingerprint density at radius 3 is 2.36 bits per heavy atom. The van der Waals surface area contributed by atoms with Crippen LogP contribution in [0, 0.1) is 5.92 Å². The lowest BCUT2D eigenvalue weighted by atomic mass is 9.95. The molecule has 2 fully saturated rings. The van der Waals surface area contributed by atoms with Crippen LogP contribution in [0.1, 0.15) is 12.8 Å². The highest BCUT2D eigenvalue weighted by atomic mass is 16.5. The Labute approximate surface area is 165 Å². The van der Waals surface area contributed by atoms with E-state index in [1.54, 1.807) is 7.11 Å². The molecular weight excluding hydrogens is 358 g/mol. The monoisotopic (exact) mass is 385 g/mol. The quantitative estimate of drug-likeness (QED) is 0.793. The van der Waals surface area contributed by atoms with Crippen molar-refractivity contribution in [3.63, 3.8) is 0 Å². The third kappa shape index (κ3) is 3.96. The first kappa shape index (κ1) is 18.7. The summed E-state index contributed by atoms with van der Waals surface area (Å²) in [6.07, 6.45) is 1.65. The summed E-state index contributed by atoms with van der Waals surface area (Å²) in [6.45, 7) is 5.11. The van der Waals surface area contributed by atoms with E-state index in [0.29, 0.717) is 17.8 Å². The Bertz CT molecular complexity index is 790. The summed E-state index contributed by atoms with van der Waals surface area (Å²) in [6, 6.07) is 8.06. The standard InChI is InChI=1S/C20H27N5O3/c1-23-11-13-24(14-12-23)19(26)16-7-9-25(10-8-16)20-22-21-18(28-20)15-3-5-17(27-2)6-4-15/h3-6,16H,7-14H2,1-2H3. The van der Waals surface area contributed by atoms with Gasteiger partial charge in [0.1, 0.15) is 5.75 Å². The lowest BCUT2D eigenvalue weighted by molar-refractivity contribution is -0.137. The molecule has 0 saturated carbocycles. The first-order chi connectivity index (χ1) is 13.6. The second-order valence-electron chi connectivity index (χ2n) is 7.51. The van der Waals surface area contributed by atoms with Crippen LogP contribution in [0.5, 0.6) is 5.75 Å². The number of hydrogen-bond donors (Lipinski definition) is 0. The van der Waals surface area contributed by atoms with Crippen molar-refractivity contribution in [1.29, 1.82) is 0 Å². The van der Waals surface area contributed by atoms with Gasteiger partial charge in [0.25, 0.3) is 0 Å². The molecule has 8 heteroatoms. The first-order valence-electron chi connectivity index (χ1n) is 9.84. The molecule has 2 saturated heterocycles. The van der Waals surface area contributed by atoms with E-state index in [1.165, 1.54) is 0 Å². The van der Waals surface area contributed by atoms with Gasteiger partial charge in [-0.2, -0.15) is 0 Å². The van der Waals surface area contributed by atoms with Crippen molar-refractivity contribution >= 4 is 11.9 Å². The van der Waals surface area contributed by atoms with E-state index < -0.39 is 0 Å². The molecule has 2 aliphatic heterocycles. The van der Waals surface area contributed by atoms with Crippen LogP contribution in [0.4, 0.5) is 6.01 Å². The van der Waals surface area contributed by atoms with E-state index in [4.69, 9.17) is 9.15 Å². The fourth-order valence-electron chi connectivity index (χ4n) is 3.80. The van der Waals surface area contributed by atoms with Crippen LogP contribution >= 0.6 is 0 Å². The average Bonchev–Trinajstić information content (AvgIpc) is 3.24. The van der Waals surface area contributed by atoms with Crippen LogP contribution in [0.2, 0.25) is 0 Å². The molecule has 1 amide bonds. The highest BCUT2D eigenvalue weighted by molar-refractivity contribution is 5.79. The number of carbonyl (C=O) groups excluding carboxylic acids is 1. The smallest absolute Gasteiger partial charge is 0.318 e. The summed E-state index contributed by atoms with van der Waals surface area (Å²) >= 11 is 0. The molecule has 150 valence electrons. The van der Waals surface area contributed by atoms with E-state index in [0.717, 1.165) is 63.4 Å². The zero-order valence-electron chi connectivity index (χ0n) is 16.5. The summed E-state index contributed by atoms with van der Waals surface area (Å²) in [5.41, 5.74) is 0.861. The van der Waals surface area contributed by atoms with E-state index in [2.05, 4.69) is 27.0 Å². The van der Waals surface area contributed by atoms with Crippen LogP contribution in [0.25, 0.3) is 11.5 Å². The third-order valence-corrected chi connectivity index (χ3v) is 5.68. The van der Waals surface area contributed by atoms with Gasteiger partial charge in [-0.05, 0) is 44.2 Å². The van der Waals surface area contributed by atoms with Gasteiger partial charge < -0.3 is 23.9 Å². The van der Waals surface area contributed by atoms with Crippen molar-refractivity contribution in [2.24, 2.45) is 5.92 Å². The summed E-state index contributed by atoms with van der Waals surface area (Å²) in [4.78, 5) is 19.1. The number of anilines is 1. The largest absolute Gasteiger partial charge is 0.497 e. The highest BCUT2D eigenvalue weighted by Gasteiger charge is 2.31. The minimum atomic E-state index is 0.101. The van der Waals surface area contributed by atoms with Gasteiger partial charge in [-0.25, -0.2) is 0 Å². The summed E-state index contributed by atoms with van der Waals surface area (Å²) in [5, 5.41) is 8.38. The predicted molar refractivity (Wildman–Crippen MR) is 105 cm³/mol. The molecule has 8 nitrogen and oxygen atoms in total. The number of piperidine rings is 1. The number of benzene rings is 1. The SMILES string of the molecule is COc1ccc(-c2nnc(N3CCC(C(=O)N4CCN(C)CC4)CC3)o2)cc1. The molecule has 0 aliphatic carbocycles. The second-order valence-corrected chi connectivity index (χ2v) is 7.51. The number of amides is 1. The first-order valence-corrected chi connectivity index (χ1v) is 9.84. The number of methoxy groups -OCH3 is 1. The van der Waals surface area contributed by atoms with E-state index >= 15 is 0 Å².